The first-order valence-corrected chi connectivity index (χ1v) is 7.77. The molecule has 0 radical (unpaired) electrons. The van der Waals surface area contributed by atoms with Gasteiger partial charge in [-0.3, -0.25) is 0 Å². The molecule has 2 rings (SSSR count). The van der Waals surface area contributed by atoms with Crippen molar-refractivity contribution in [2.75, 3.05) is 11.1 Å². The van der Waals surface area contributed by atoms with Crippen LogP contribution in [0.1, 0.15) is 18.5 Å². The summed E-state index contributed by atoms with van der Waals surface area (Å²) in [7, 11) is -3.90. The standard InChI is InChI=1S/C14H16FN3O2S/c1-9(10-5-2-3-6-11(10)15)18-12-7-4-8-13(14(12)16)21(17,19)20/h2-9,18H,16H2,1H3,(H2,17,19,20). The first kappa shape index (κ1) is 15.3. The van der Waals surface area contributed by atoms with Crippen LogP contribution in [0.3, 0.4) is 0 Å². The average molecular weight is 309 g/mol. The van der Waals surface area contributed by atoms with Crippen LogP contribution >= 0.6 is 0 Å². The van der Waals surface area contributed by atoms with Gasteiger partial charge in [0.25, 0.3) is 0 Å². The zero-order valence-corrected chi connectivity index (χ0v) is 12.2. The maximum Gasteiger partial charge on any atom is 0.240 e. The second kappa shape index (κ2) is 5.71. The zero-order valence-electron chi connectivity index (χ0n) is 11.4. The molecule has 1 unspecified atom stereocenters. The van der Waals surface area contributed by atoms with Gasteiger partial charge in [-0.05, 0) is 25.1 Å². The van der Waals surface area contributed by atoms with Crippen LogP contribution < -0.4 is 16.2 Å². The fourth-order valence-electron chi connectivity index (χ4n) is 2.06. The number of nitrogens with one attached hydrogen (secondary N) is 1. The lowest BCUT2D eigenvalue weighted by molar-refractivity contribution is 0.597. The summed E-state index contributed by atoms with van der Waals surface area (Å²) in [6, 6.07) is 10.4. The summed E-state index contributed by atoms with van der Waals surface area (Å²) >= 11 is 0. The smallest absolute Gasteiger partial charge is 0.240 e. The molecule has 0 saturated carbocycles. The molecular weight excluding hydrogens is 293 g/mol. The van der Waals surface area contributed by atoms with Crippen molar-refractivity contribution in [2.24, 2.45) is 5.14 Å². The van der Waals surface area contributed by atoms with E-state index in [1.54, 1.807) is 31.2 Å². The molecule has 0 amide bonds. The van der Waals surface area contributed by atoms with Gasteiger partial charge in [0.2, 0.25) is 10.0 Å². The van der Waals surface area contributed by atoms with Crippen LogP contribution in [-0.4, -0.2) is 8.42 Å². The Morgan fingerprint density at radius 3 is 2.43 bits per heavy atom. The number of primary sulfonamides is 1. The molecule has 0 fully saturated rings. The molecule has 7 heteroatoms. The maximum atomic E-state index is 13.7. The average Bonchev–Trinajstić information content (AvgIpc) is 2.40. The highest BCUT2D eigenvalue weighted by atomic mass is 32.2. The third-order valence-electron chi connectivity index (χ3n) is 3.12. The molecule has 2 aromatic rings. The highest BCUT2D eigenvalue weighted by molar-refractivity contribution is 7.89. The molecule has 112 valence electrons. The molecule has 0 aliphatic rings. The SMILES string of the molecule is CC(Nc1cccc(S(N)(=O)=O)c1N)c1ccccc1F. The van der Waals surface area contributed by atoms with Gasteiger partial charge < -0.3 is 11.1 Å². The Morgan fingerprint density at radius 1 is 1.14 bits per heavy atom. The Hall–Kier alpha value is -2.12. The molecule has 0 aromatic heterocycles. The summed E-state index contributed by atoms with van der Waals surface area (Å²) in [6.07, 6.45) is 0. The normalized spacial score (nSPS) is 12.9. The molecule has 0 bridgehead atoms. The van der Waals surface area contributed by atoms with E-state index in [1.165, 1.54) is 18.2 Å². The molecule has 2 aromatic carbocycles. The number of anilines is 2. The monoisotopic (exact) mass is 309 g/mol. The molecule has 0 aliphatic carbocycles. The van der Waals surface area contributed by atoms with E-state index in [-0.39, 0.29) is 22.4 Å². The van der Waals surface area contributed by atoms with Gasteiger partial charge in [-0.25, -0.2) is 17.9 Å². The molecule has 5 nitrogen and oxygen atoms in total. The van der Waals surface area contributed by atoms with Crippen LogP contribution in [0.4, 0.5) is 15.8 Å². The predicted molar refractivity (Wildman–Crippen MR) is 80.7 cm³/mol. The van der Waals surface area contributed by atoms with Crippen molar-refractivity contribution in [1.29, 1.82) is 0 Å². The van der Waals surface area contributed by atoms with E-state index >= 15 is 0 Å². The van der Waals surface area contributed by atoms with E-state index in [4.69, 9.17) is 10.9 Å². The van der Waals surface area contributed by atoms with Gasteiger partial charge in [-0.15, -0.1) is 0 Å². The van der Waals surface area contributed by atoms with Gasteiger partial charge in [-0.2, -0.15) is 0 Å². The van der Waals surface area contributed by atoms with Gasteiger partial charge in [0.1, 0.15) is 10.7 Å². The molecule has 0 spiro atoms. The largest absolute Gasteiger partial charge is 0.396 e. The molecule has 1 atom stereocenters. The lowest BCUT2D eigenvalue weighted by atomic mass is 10.1. The van der Waals surface area contributed by atoms with Gasteiger partial charge >= 0.3 is 0 Å². The fourth-order valence-corrected chi connectivity index (χ4v) is 2.74. The van der Waals surface area contributed by atoms with Crippen LogP contribution in [0.25, 0.3) is 0 Å². The number of benzene rings is 2. The molecule has 0 heterocycles. The number of nitrogen functional groups attached to an aromatic ring is 1. The Morgan fingerprint density at radius 2 is 1.81 bits per heavy atom. The zero-order chi connectivity index (χ0) is 15.6. The first-order chi connectivity index (χ1) is 9.80. The minimum absolute atomic E-state index is 0.0168. The van der Waals surface area contributed by atoms with Crippen molar-refractivity contribution in [3.05, 3.63) is 53.8 Å². The topological polar surface area (TPSA) is 98.2 Å². The molecule has 0 saturated heterocycles. The van der Waals surface area contributed by atoms with E-state index in [2.05, 4.69) is 5.32 Å². The second-order valence-corrected chi connectivity index (χ2v) is 6.18. The number of nitrogens with two attached hydrogens (primary N) is 2. The van der Waals surface area contributed by atoms with E-state index < -0.39 is 10.0 Å². The van der Waals surface area contributed by atoms with Gasteiger partial charge in [0.05, 0.1) is 17.4 Å². The summed E-state index contributed by atoms with van der Waals surface area (Å²) in [4.78, 5) is -0.159. The highest BCUT2D eigenvalue weighted by Crippen LogP contribution is 2.29. The summed E-state index contributed by atoms with van der Waals surface area (Å²) in [6.45, 7) is 1.75. The Balaban J connectivity index is 2.35. The van der Waals surface area contributed by atoms with Crippen molar-refractivity contribution in [3.8, 4) is 0 Å². The van der Waals surface area contributed by atoms with Gasteiger partial charge in [0, 0.05) is 5.56 Å². The third kappa shape index (κ3) is 3.32. The highest BCUT2D eigenvalue weighted by Gasteiger charge is 2.17. The minimum atomic E-state index is -3.90. The fraction of sp³-hybridized carbons (Fsp3) is 0.143. The number of rotatable bonds is 4. The molecular formula is C14H16FN3O2S. The Labute approximate surface area is 122 Å². The molecule has 5 N–H and O–H groups in total. The van der Waals surface area contributed by atoms with E-state index in [0.717, 1.165) is 0 Å². The van der Waals surface area contributed by atoms with Crippen molar-refractivity contribution >= 4 is 21.4 Å². The lowest BCUT2D eigenvalue weighted by Crippen LogP contribution is -2.16. The van der Waals surface area contributed by atoms with Gasteiger partial charge in [-0.1, -0.05) is 24.3 Å². The summed E-state index contributed by atoms with van der Waals surface area (Å²) < 4.78 is 36.6. The third-order valence-corrected chi connectivity index (χ3v) is 4.09. The number of hydrogen-bond acceptors (Lipinski definition) is 4. The number of sulfonamides is 1. The van der Waals surface area contributed by atoms with Crippen LogP contribution in [-0.2, 0) is 10.0 Å². The second-order valence-electron chi connectivity index (χ2n) is 4.65. The maximum absolute atomic E-state index is 13.7. The van der Waals surface area contributed by atoms with Crippen LogP contribution in [0.5, 0.6) is 0 Å². The van der Waals surface area contributed by atoms with E-state index in [1.807, 2.05) is 0 Å². The first-order valence-electron chi connectivity index (χ1n) is 6.23. The molecule has 0 aliphatic heterocycles. The van der Waals surface area contributed by atoms with E-state index in [9.17, 15) is 12.8 Å². The minimum Gasteiger partial charge on any atom is -0.396 e. The summed E-state index contributed by atoms with van der Waals surface area (Å²) in [5.41, 5.74) is 6.68. The molecule has 21 heavy (non-hydrogen) atoms. The van der Waals surface area contributed by atoms with E-state index in [0.29, 0.717) is 11.3 Å². The quantitative estimate of drug-likeness (QED) is 0.754. The number of halogens is 1. The van der Waals surface area contributed by atoms with Crippen LogP contribution in [0.2, 0.25) is 0 Å². The summed E-state index contributed by atoms with van der Waals surface area (Å²) in [5.74, 6) is -0.348. The van der Waals surface area contributed by atoms with Gasteiger partial charge in [0.15, 0.2) is 0 Å². The number of para-hydroxylation sites is 1. The van der Waals surface area contributed by atoms with Crippen molar-refractivity contribution in [3.63, 3.8) is 0 Å². The van der Waals surface area contributed by atoms with Crippen molar-refractivity contribution < 1.29 is 12.8 Å². The predicted octanol–water partition coefficient (Wildman–Crippen LogP) is 2.23. The lowest BCUT2D eigenvalue weighted by Gasteiger charge is -2.18. The summed E-state index contributed by atoms with van der Waals surface area (Å²) in [5, 5.41) is 8.09. The van der Waals surface area contributed by atoms with Crippen LogP contribution in [0.15, 0.2) is 47.4 Å². The van der Waals surface area contributed by atoms with Crippen LogP contribution in [0, 0.1) is 5.82 Å². The Bertz CT molecular complexity index is 763. The Kier molecular flexibility index (Phi) is 4.15. The number of hydrogen-bond donors (Lipinski definition) is 3. The van der Waals surface area contributed by atoms with Crippen molar-refractivity contribution in [2.45, 2.75) is 17.9 Å². The van der Waals surface area contributed by atoms with Crippen molar-refractivity contribution in [1.82, 2.24) is 0 Å².